The van der Waals surface area contributed by atoms with Gasteiger partial charge in [-0.25, -0.2) is 0 Å². The third-order valence-corrected chi connectivity index (χ3v) is 13.5. The molecular formula is C62H41NO3. The Hall–Kier alpha value is -8.60. The number of benzene rings is 10. The molecule has 0 bridgehead atoms. The summed E-state index contributed by atoms with van der Waals surface area (Å²) in [5, 5.41) is 2.20. The highest BCUT2D eigenvalue weighted by molar-refractivity contribution is 6.06. The van der Waals surface area contributed by atoms with Crippen molar-refractivity contribution in [2.75, 3.05) is 4.90 Å². The Morgan fingerprint density at radius 1 is 0.379 bits per heavy atom. The van der Waals surface area contributed by atoms with Crippen LogP contribution in [-0.4, -0.2) is 0 Å². The van der Waals surface area contributed by atoms with Gasteiger partial charge in [0.1, 0.15) is 11.2 Å². The van der Waals surface area contributed by atoms with Crippen molar-refractivity contribution in [3.05, 3.63) is 258 Å². The lowest BCUT2D eigenvalue weighted by molar-refractivity contribution is 0.360. The van der Waals surface area contributed by atoms with E-state index < -0.39 is 5.41 Å². The molecule has 2 heterocycles. The molecule has 0 spiro atoms. The Kier molecular flexibility index (Phi) is 8.62. The van der Waals surface area contributed by atoms with Crippen LogP contribution in [0.5, 0.6) is 23.0 Å². The van der Waals surface area contributed by atoms with Gasteiger partial charge in [-0.3, -0.25) is 0 Å². The second-order valence-corrected chi connectivity index (χ2v) is 17.3. The number of hydrogen-bond donors (Lipinski definition) is 0. The molecule has 66 heavy (non-hydrogen) atoms. The van der Waals surface area contributed by atoms with Gasteiger partial charge in [-0.15, -0.1) is 0 Å². The van der Waals surface area contributed by atoms with E-state index in [1.165, 1.54) is 22.3 Å². The third-order valence-electron chi connectivity index (χ3n) is 13.5. The number of para-hydroxylation sites is 3. The molecule has 0 fully saturated rings. The fourth-order valence-electron chi connectivity index (χ4n) is 10.4. The highest BCUT2D eigenvalue weighted by Gasteiger charge is 2.48. The van der Waals surface area contributed by atoms with Crippen LogP contribution in [0.2, 0.25) is 0 Å². The molecule has 0 radical (unpaired) electrons. The number of anilines is 3. The molecule has 10 aromatic carbocycles. The summed E-state index contributed by atoms with van der Waals surface area (Å²) in [6.45, 7) is 2.13. The second-order valence-electron chi connectivity index (χ2n) is 17.3. The summed E-state index contributed by atoms with van der Waals surface area (Å²) < 4.78 is 19.8. The summed E-state index contributed by atoms with van der Waals surface area (Å²) in [7, 11) is 0. The minimum absolute atomic E-state index is 0.698. The van der Waals surface area contributed by atoms with E-state index in [0.717, 1.165) is 83.7 Å². The van der Waals surface area contributed by atoms with E-state index >= 15 is 0 Å². The lowest BCUT2D eigenvalue weighted by Crippen LogP contribution is -2.28. The maximum absolute atomic E-state index is 6.83. The Morgan fingerprint density at radius 3 is 1.79 bits per heavy atom. The monoisotopic (exact) mass is 847 g/mol. The predicted octanol–water partition coefficient (Wildman–Crippen LogP) is 17.0. The number of furan rings is 1. The van der Waals surface area contributed by atoms with Gasteiger partial charge in [-0.1, -0.05) is 169 Å². The quantitative estimate of drug-likeness (QED) is 0.160. The zero-order valence-corrected chi connectivity index (χ0v) is 36.1. The summed E-state index contributed by atoms with van der Waals surface area (Å²) in [4.78, 5) is 2.33. The maximum atomic E-state index is 6.83. The van der Waals surface area contributed by atoms with Gasteiger partial charge in [0, 0.05) is 39.5 Å². The van der Waals surface area contributed by atoms with Gasteiger partial charge in [-0.05, 0) is 118 Å². The highest BCUT2D eigenvalue weighted by Crippen LogP contribution is 2.62. The number of ether oxygens (including phenoxy) is 2. The minimum atomic E-state index is -0.698. The van der Waals surface area contributed by atoms with Gasteiger partial charge in [-0.2, -0.15) is 0 Å². The van der Waals surface area contributed by atoms with Crippen molar-refractivity contribution in [2.24, 2.45) is 0 Å². The van der Waals surface area contributed by atoms with Crippen LogP contribution in [0.4, 0.5) is 17.1 Å². The first-order valence-corrected chi connectivity index (χ1v) is 22.5. The summed E-state index contributed by atoms with van der Waals surface area (Å²) in [6, 6.07) is 82.2. The first kappa shape index (κ1) is 37.9. The van der Waals surface area contributed by atoms with Gasteiger partial charge >= 0.3 is 0 Å². The first-order chi connectivity index (χ1) is 32.6. The zero-order chi connectivity index (χ0) is 43.8. The molecule has 312 valence electrons. The van der Waals surface area contributed by atoms with Crippen LogP contribution < -0.4 is 14.4 Å². The average molecular weight is 848 g/mol. The highest BCUT2D eigenvalue weighted by atomic mass is 16.6. The molecule has 1 unspecified atom stereocenters. The normalized spacial score (nSPS) is 14.4. The molecule has 13 rings (SSSR count). The van der Waals surface area contributed by atoms with Crippen LogP contribution in [0.3, 0.4) is 0 Å². The molecule has 1 aromatic heterocycles. The third kappa shape index (κ3) is 5.92. The van der Waals surface area contributed by atoms with Crippen molar-refractivity contribution in [3.63, 3.8) is 0 Å². The summed E-state index contributed by atoms with van der Waals surface area (Å²) in [6.07, 6.45) is 0. The fourth-order valence-corrected chi connectivity index (χ4v) is 10.4. The van der Waals surface area contributed by atoms with Crippen LogP contribution >= 0.6 is 0 Å². The van der Waals surface area contributed by atoms with E-state index in [2.05, 4.69) is 206 Å². The summed E-state index contributed by atoms with van der Waals surface area (Å²) >= 11 is 0. The van der Waals surface area contributed by atoms with Crippen LogP contribution in [0.25, 0.3) is 55.3 Å². The molecule has 0 saturated heterocycles. The molecule has 4 heteroatoms. The standard InChI is InChI=1S/C62H41NO3/c1-40-22-24-42(25-23-40)43-26-28-45(29-27-43)62(53-18-7-5-17-52(53)60-54(62)36-37-58-61(60)66-57-21-10-9-20-56(57)65-58)46-30-32-47(33-31-46)63(48-15-11-14-44(38-48)41-12-3-2-4-13-41)49-34-35-51-50-16-6-8-19-55(50)64-59(51)39-49/h2-39H,1H3. The van der Waals surface area contributed by atoms with Crippen molar-refractivity contribution in [1.82, 2.24) is 0 Å². The van der Waals surface area contributed by atoms with Crippen molar-refractivity contribution in [2.45, 2.75) is 12.3 Å². The minimum Gasteiger partial charge on any atom is -0.456 e. The van der Waals surface area contributed by atoms with Crippen molar-refractivity contribution in [3.8, 4) is 56.4 Å². The maximum Gasteiger partial charge on any atom is 0.178 e. The van der Waals surface area contributed by atoms with Crippen LogP contribution in [-0.2, 0) is 5.41 Å². The number of hydrogen-bond acceptors (Lipinski definition) is 4. The lowest BCUT2D eigenvalue weighted by Gasteiger charge is -2.35. The van der Waals surface area contributed by atoms with E-state index in [1.54, 1.807) is 0 Å². The van der Waals surface area contributed by atoms with Gasteiger partial charge in [0.15, 0.2) is 23.0 Å². The molecule has 0 amide bonds. The lowest BCUT2D eigenvalue weighted by atomic mass is 9.67. The molecule has 2 aliphatic rings. The molecule has 1 aliphatic carbocycles. The number of rotatable bonds is 7. The number of nitrogens with zero attached hydrogens (tertiary/aromatic N) is 1. The van der Waals surface area contributed by atoms with Gasteiger partial charge in [0.25, 0.3) is 0 Å². The van der Waals surface area contributed by atoms with E-state index in [0.29, 0.717) is 17.2 Å². The van der Waals surface area contributed by atoms with E-state index in [1.807, 2.05) is 36.4 Å². The van der Waals surface area contributed by atoms with Gasteiger partial charge in [0.05, 0.1) is 5.41 Å². The Morgan fingerprint density at radius 2 is 0.985 bits per heavy atom. The summed E-state index contributed by atoms with van der Waals surface area (Å²) in [5.74, 6) is 2.86. The van der Waals surface area contributed by atoms with Crippen LogP contribution in [0, 0.1) is 6.92 Å². The van der Waals surface area contributed by atoms with Crippen molar-refractivity contribution in [1.29, 1.82) is 0 Å². The van der Waals surface area contributed by atoms with E-state index in [4.69, 9.17) is 13.9 Å². The molecule has 11 aromatic rings. The van der Waals surface area contributed by atoms with Crippen molar-refractivity contribution < 1.29 is 13.9 Å². The SMILES string of the molecule is Cc1ccc(-c2ccc(C3(c4ccc(N(c5cccc(-c6ccccc6)c5)c5ccc6c(c5)oc5ccccc56)cc4)c4ccccc4-c4c3ccc3c4Oc4ccccc4O3)cc2)cc1. The molecule has 1 aliphatic heterocycles. The zero-order valence-electron chi connectivity index (χ0n) is 36.1. The molecule has 0 saturated carbocycles. The molecule has 4 nitrogen and oxygen atoms in total. The van der Waals surface area contributed by atoms with E-state index in [9.17, 15) is 0 Å². The molecular weight excluding hydrogens is 807 g/mol. The average Bonchev–Trinajstić information content (AvgIpc) is 3.90. The molecule has 0 N–H and O–H groups in total. The van der Waals surface area contributed by atoms with Crippen LogP contribution in [0.1, 0.15) is 27.8 Å². The van der Waals surface area contributed by atoms with Crippen molar-refractivity contribution >= 4 is 39.0 Å². The number of fused-ring (bicyclic) bond motifs is 9. The van der Waals surface area contributed by atoms with Crippen LogP contribution in [0.15, 0.2) is 235 Å². The fraction of sp³-hybridized carbons (Fsp3) is 0.0323. The Balaban J connectivity index is 1.01. The Bertz CT molecular complexity index is 3650. The van der Waals surface area contributed by atoms with Gasteiger partial charge < -0.3 is 18.8 Å². The topological polar surface area (TPSA) is 34.8 Å². The molecule has 1 atom stereocenters. The van der Waals surface area contributed by atoms with E-state index in [-0.39, 0.29) is 0 Å². The number of aryl methyl sites for hydroxylation is 1. The largest absolute Gasteiger partial charge is 0.456 e. The second kappa shape index (κ2) is 15.0. The Labute approximate surface area is 383 Å². The van der Waals surface area contributed by atoms with Gasteiger partial charge in [0.2, 0.25) is 0 Å². The smallest absolute Gasteiger partial charge is 0.178 e. The predicted molar refractivity (Wildman–Crippen MR) is 268 cm³/mol. The summed E-state index contributed by atoms with van der Waals surface area (Å²) in [5.41, 5.74) is 16.8. The first-order valence-electron chi connectivity index (χ1n) is 22.5.